The van der Waals surface area contributed by atoms with Crippen molar-refractivity contribution in [3.8, 4) is 0 Å². The first-order valence-corrected chi connectivity index (χ1v) is 7.56. The molecule has 2 rings (SSSR count). The predicted molar refractivity (Wildman–Crippen MR) is 75.3 cm³/mol. The molecule has 0 amide bonds. The molecule has 2 nitrogen and oxygen atoms in total. The molecule has 1 aliphatic heterocycles. The number of likely N-dealkylation sites (tertiary alicyclic amines) is 1. The van der Waals surface area contributed by atoms with Gasteiger partial charge in [0.25, 0.3) is 0 Å². The molecule has 1 fully saturated rings. The van der Waals surface area contributed by atoms with Gasteiger partial charge in [-0.1, -0.05) is 6.92 Å². The Kier molecular flexibility index (Phi) is 4.60. The first-order chi connectivity index (χ1) is 8.19. The Balaban J connectivity index is 1.81. The summed E-state index contributed by atoms with van der Waals surface area (Å²) in [7, 11) is 0. The van der Waals surface area contributed by atoms with E-state index >= 15 is 0 Å². The summed E-state index contributed by atoms with van der Waals surface area (Å²) in [5.74, 6) is 0.737. The molecule has 1 unspecified atom stereocenters. The van der Waals surface area contributed by atoms with Crippen molar-refractivity contribution in [2.24, 2.45) is 11.7 Å². The van der Waals surface area contributed by atoms with Gasteiger partial charge in [-0.3, -0.25) is 4.90 Å². The van der Waals surface area contributed by atoms with Crippen LogP contribution in [0.4, 0.5) is 0 Å². The summed E-state index contributed by atoms with van der Waals surface area (Å²) < 4.78 is 0. The molecule has 1 saturated heterocycles. The number of nitrogens with two attached hydrogens (primary N) is 1. The van der Waals surface area contributed by atoms with Gasteiger partial charge in [-0.05, 0) is 57.3 Å². The molecule has 0 aromatic carbocycles. The van der Waals surface area contributed by atoms with Gasteiger partial charge in [0.2, 0.25) is 0 Å². The second kappa shape index (κ2) is 5.98. The molecule has 1 aromatic rings. The van der Waals surface area contributed by atoms with Crippen LogP contribution in [0.1, 0.15) is 36.4 Å². The molecule has 96 valence electrons. The second-order valence-electron chi connectivity index (χ2n) is 5.19. The Morgan fingerprint density at radius 2 is 2.00 bits per heavy atom. The van der Waals surface area contributed by atoms with Gasteiger partial charge >= 0.3 is 0 Å². The van der Waals surface area contributed by atoms with Crippen molar-refractivity contribution in [1.82, 2.24) is 4.90 Å². The van der Waals surface area contributed by atoms with Crippen molar-refractivity contribution in [2.45, 2.75) is 45.7 Å². The zero-order chi connectivity index (χ0) is 12.3. The van der Waals surface area contributed by atoms with Gasteiger partial charge in [-0.25, -0.2) is 0 Å². The van der Waals surface area contributed by atoms with Gasteiger partial charge < -0.3 is 5.73 Å². The van der Waals surface area contributed by atoms with E-state index in [9.17, 15) is 0 Å². The molecule has 0 spiro atoms. The third-order valence-corrected chi connectivity index (χ3v) is 5.04. The summed E-state index contributed by atoms with van der Waals surface area (Å²) in [5.41, 5.74) is 5.97. The Labute approximate surface area is 109 Å². The SMILES string of the molecule is CCc1ccc(CN2CCC(C(C)N)CC2)s1. The molecule has 0 saturated carbocycles. The second-order valence-corrected chi connectivity index (χ2v) is 6.45. The fraction of sp³-hybridized carbons (Fsp3) is 0.714. The molecule has 0 aliphatic carbocycles. The molecule has 2 heterocycles. The van der Waals surface area contributed by atoms with Crippen LogP contribution in [0.3, 0.4) is 0 Å². The number of hydrogen-bond acceptors (Lipinski definition) is 3. The molecular formula is C14H24N2S. The van der Waals surface area contributed by atoms with E-state index in [2.05, 4.69) is 30.9 Å². The minimum Gasteiger partial charge on any atom is -0.328 e. The highest BCUT2D eigenvalue weighted by Crippen LogP contribution is 2.23. The maximum atomic E-state index is 5.97. The highest BCUT2D eigenvalue weighted by Gasteiger charge is 2.21. The number of piperidine rings is 1. The molecule has 1 atom stereocenters. The van der Waals surface area contributed by atoms with Gasteiger partial charge in [0.05, 0.1) is 0 Å². The van der Waals surface area contributed by atoms with Crippen LogP contribution < -0.4 is 5.73 Å². The zero-order valence-electron chi connectivity index (χ0n) is 11.0. The van der Waals surface area contributed by atoms with Crippen LogP contribution in [0.5, 0.6) is 0 Å². The fourth-order valence-electron chi connectivity index (χ4n) is 2.55. The maximum absolute atomic E-state index is 5.97. The van der Waals surface area contributed by atoms with Crippen molar-refractivity contribution in [1.29, 1.82) is 0 Å². The lowest BCUT2D eigenvalue weighted by Crippen LogP contribution is -2.39. The predicted octanol–water partition coefficient (Wildman–Crippen LogP) is 2.87. The van der Waals surface area contributed by atoms with E-state index in [1.807, 2.05) is 11.3 Å². The standard InChI is InChI=1S/C14H24N2S/c1-3-13-4-5-14(17-13)10-16-8-6-12(7-9-16)11(2)15/h4-5,11-12H,3,6-10,15H2,1-2H3. The van der Waals surface area contributed by atoms with Crippen LogP contribution in [0, 0.1) is 5.92 Å². The van der Waals surface area contributed by atoms with Crippen molar-refractivity contribution in [2.75, 3.05) is 13.1 Å². The smallest absolute Gasteiger partial charge is 0.0328 e. The molecule has 1 aliphatic rings. The highest BCUT2D eigenvalue weighted by atomic mass is 32.1. The van der Waals surface area contributed by atoms with Gasteiger partial charge in [0.1, 0.15) is 0 Å². The number of thiophene rings is 1. The maximum Gasteiger partial charge on any atom is 0.0328 e. The average Bonchev–Trinajstić information content (AvgIpc) is 2.77. The molecular weight excluding hydrogens is 228 g/mol. The van der Waals surface area contributed by atoms with E-state index in [0.717, 1.165) is 18.9 Å². The summed E-state index contributed by atoms with van der Waals surface area (Å²) in [6.45, 7) is 7.93. The first-order valence-electron chi connectivity index (χ1n) is 6.74. The van der Waals surface area contributed by atoms with Gasteiger partial charge in [0, 0.05) is 22.3 Å². The van der Waals surface area contributed by atoms with Gasteiger partial charge in [0.15, 0.2) is 0 Å². The zero-order valence-corrected chi connectivity index (χ0v) is 11.8. The van der Waals surface area contributed by atoms with Crippen molar-refractivity contribution >= 4 is 11.3 Å². The van der Waals surface area contributed by atoms with E-state index in [0.29, 0.717) is 6.04 Å². The minimum atomic E-state index is 0.366. The molecule has 17 heavy (non-hydrogen) atoms. The summed E-state index contributed by atoms with van der Waals surface area (Å²) >= 11 is 1.97. The first kappa shape index (κ1) is 13.1. The van der Waals surface area contributed by atoms with Crippen LogP contribution in [0.25, 0.3) is 0 Å². The van der Waals surface area contributed by atoms with Crippen molar-refractivity contribution in [3.63, 3.8) is 0 Å². The van der Waals surface area contributed by atoms with Crippen molar-refractivity contribution < 1.29 is 0 Å². The highest BCUT2D eigenvalue weighted by molar-refractivity contribution is 7.11. The average molecular weight is 252 g/mol. The molecule has 2 N–H and O–H groups in total. The largest absolute Gasteiger partial charge is 0.328 e. The molecule has 0 bridgehead atoms. The van der Waals surface area contributed by atoms with E-state index < -0.39 is 0 Å². The summed E-state index contributed by atoms with van der Waals surface area (Å²) in [6.07, 6.45) is 3.70. The van der Waals surface area contributed by atoms with Crippen LogP contribution in [0.15, 0.2) is 12.1 Å². The topological polar surface area (TPSA) is 29.3 Å². The van der Waals surface area contributed by atoms with Crippen LogP contribution >= 0.6 is 11.3 Å². The van der Waals surface area contributed by atoms with Gasteiger partial charge in [-0.15, -0.1) is 11.3 Å². The third-order valence-electron chi connectivity index (χ3n) is 3.82. The van der Waals surface area contributed by atoms with Crippen LogP contribution in [0.2, 0.25) is 0 Å². The normalized spacial score (nSPS) is 20.6. The lowest BCUT2D eigenvalue weighted by molar-refractivity contribution is 0.167. The third kappa shape index (κ3) is 3.54. The van der Waals surface area contributed by atoms with Crippen LogP contribution in [-0.4, -0.2) is 24.0 Å². The van der Waals surface area contributed by atoms with Gasteiger partial charge in [-0.2, -0.15) is 0 Å². The Hall–Kier alpha value is -0.380. The summed E-state index contributed by atoms with van der Waals surface area (Å²) in [6, 6.07) is 4.93. The lowest BCUT2D eigenvalue weighted by atomic mass is 9.91. The molecule has 1 aromatic heterocycles. The lowest BCUT2D eigenvalue weighted by Gasteiger charge is -2.33. The number of aryl methyl sites for hydroxylation is 1. The Bertz CT molecular complexity index is 338. The Morgan fingerprint density at radius 3 is 2.53 bits per heavy atom. The molecule has 0 radical (unpaired) electrons. The number of rotatable bonds is 4. The van der Waals surface area contributed by atoms with E-state index in [4.69, 9.17) is 5.73 Å². The monoisotopic (exact) mass is 252 g/mol. The van der Waals surface area contributed by atoms with E-state index in [-0.39, 0.29) is 0 Å². The molecule has 3 heteroatoms. The summed E-state index contributed by atoms with van der Waals surface area (Å²) in [4.78, 5) is 5.59. The number of nitrogens with zero attached hydrogens (tertiary/aromatic N) is 1. The van der Waals surface area contributed by atoms with E-state index in [1.54, 1.807) is 0 Å². The van der Waals surface area contributed by atoms with E-state index in [1.165, 1.54) is 35.7 Å². The van der Waals surface area contributed by atoms with Crippen molar-refractivity contribution in [3.05, 3.63) is 21.9 Å². The van der Waals surface area contributed by atoms with Crippen LogP contribution in [-0.2, 0) is 13.0 Å². The quantitative estimate of drug-likeness (QED) is 0.893. The number of hydrogen-bond donors (Lipinski definition) is 1. The summed E-state index contributed by atoms with van der Waals surface area (Å²) in [5, 5.41) is 0. The minimum absolute atomic E-state index is 0.366. The fourth-order valence-corrected chi connectivity index (χ4v) is 3.55. The Morgan fingerprint density at radius 1 is 1.35 bits per heavy atom.